The molecule has 0 fully saturated rings. The molecule has 0 aromatic rings. The predicted molar refractivity (Wildman–Crippen MR) is 70.4 cm³/mol. The van der Waals surface area contributed by atoms with Crippen molar-refractivity contribution in [3.63, 3.8) is 0 Å². The number of allylic oxidation sites excluding steroid dienone is 4. The highest BCUT2D eigenvalue weighted by Crippen LogP contribution is 2.23. The fraction of sp³-hybridized carbons (Fsp3) is 0.600. The molecule has 90 valence electrons. The van der Waals surface area contributed by atoms with Crippen molar-refractivity contribution in [3.05, 3.63) is 34.4 Å². The molecule has 0 aliphatic heterocycles. The standard InChI is InChI=1S/C15H24O/c1-11(2)14-9-8-12(3)6-5-7-13(4)15(16)10-14/h7-8,15-16H,5-6,9-10H2,1-4H3/b12-8-,13-7-/t15-/m1/s1. The summed E-state index contributed by atoms with van der Waals surface area (Å²) in [5, 5.41) is 10.1. The summed E-state index contributed by atoms with van der Waals surface area (Å²) in [5.41, 5.74) is 5.30. The minimum Gasteiger partial charge on any atom is -0.388 e. The molecule has 16 heavy (non-hydrogen) atoms. The third-order valence-corrected chi connectivity index (χ3v) is 3.37. The van der Waals surface area contributed by atoms with E-state index >= 15 is 0 Å². The van der Waals surface area contributed by atoms with Crippen LogP contribution in [0.1, 0.15) is 53.4 Å². The highest BCUT2D eigenvalue weighted by molar-refractivity contribution is 5.21. The Labute approximate surface area is 99.6 Å². The first-order valence-corrected chi connectivity index (χ1v) is 6.16. The number of rotatable bonds is 0. The molecule has 0 saturated heterocycles. The van der Waals surface area contributed by atoms with E-state index in [1.807, 2.05) is 6.92 Å². The van der Waals surface area contributed by atoms with Gasteiger partial charge in [-0.2, -0.15) is 0 Å². The van der Waals surface area contributed by atoms with E-state index in [0.717, 1.165) is 31.3 Å². The summed E-state index contributed by atoms with van der Waals surface area (Å²) in [6, 6.07) is 0. The van der Waals surface area contributed by atoms with Crippen molar-refractivity contribution in [3.8, 4) is 0 Å². The molecule has 0 radical (unpaired) electrons. The largest absolute Gasteiger partial charge is 0.388 e. The fourth-order valence-electron chi connectivity index (χ4n) is 1.95. The molecule has 1 aliphatic rings. The molecule has 0 bridgehead atoms. The first-order valence-electron chi connectivity index (χ1n) is 6.16. The van der Waals surface area contributed by atoms with E-state index in [1.165, 1.54) is 16.7 Å². The van der Waals surface area contributed by atoms with Crippen LogP contribution < -0.4 is 0 Å². The van der Waals surface area contributed by atoms with Gasteiger partial charge in [0.25, 0.3) is 0 Å². The van der Waals surface area contributed by atoms with Gasteiger partial charge in [0, 0.05) is 0 Å². The monoisotopic (exact) mass is 220 g/mol. The third kappa shape index (κ3) is 3.97. The van der Waals surface area contributed by atoms with Crippen LogP contribution in [0.2, 0.25) is 0 Å². The van der Waals surface area contributed by atoms with Crippen LogP contribution >= 0.6 is 0 Å². The molecule has 1 nitrogen and oxygen atoms in total. The van der Waals surface area contributed by atoms with Gasteiger partial charge in [-0.1, -0.05) is 28.9 Å². The molecular formula is C15H24O. The van der Waals surface area contributed by atoms with Crippen molar-refractivity contribution < 1.29 is 5.11 Å². The van der Waals surface area contributed by atoms with Gasteiger partial charge in [0.2, 0.25) is 0 Å². The lowest BCUT2D eigenvalue weighted by Crippen LogP contribution is -2.10. The van der Waals surface area contributed by atoms with Gasteiger partial charge in [0.1, 0.15) is 0 Å². The van der Waals surface area contributed by atoms with Crippen molar-refractivity contribution in [2.75, 3.05) is 0 Å². The van der Waals surface area contributed by atoms with E-state index in [0.29, 0.717) is 0 Å². The molecule has 1 aliphatic carbocycles. The minimum atomic E-state index is -0.295. The Morgan fingerprint density at radius 3 is 2.56 bits per heavy atom. The second kappa shape index (κ2) is 6.05. The van der Waals surface area contributed by atoms with Crippen LogP contribution in [-0.2, 0) is 0 Å². The molecule has 0 unspecified atom stereocenters. The first kappa shape index (κ1) is 13.2. The topological polar surface area (TPSA) is 20.2 Å². The van der Waals surface area contributed by atoms with Crippen LogP contribution in [0, 0.1) is 0 Å². The Bertz CT molecular complexity index is 327. The van der Waals surface area contributed by atoms with Gasteiger partial charge in [0.15, 0.2) is 0 Å². The van der Waals surface area contributed by atoms with Crippen molar-refractivity contribution in [1.82, 2.24) is 0 Å². The summed E-state index contributed by atoms with van der Waals surface area (Å²) in [7, 11) is 0. The normalized spacial score (nSPS) is 30.1. The zero-order valence-corrected chi connectivity index (χ0v) is 11.0. The molecule has 0 aromatic carbocycles. The third-order valence-electron chi connectivity index (χ3n) is 3.37. The molecule has 0 amide bonds. The highest BCUT2D eigenvalue weighted by Gasteiger charge is 2.11. The summed E-state index contributed by atoms with van der Waals surface area (Å²) in [6.07, 6.45) is 8.14. The van der Waals surface area contributed by atoms with Gasteiger partial charge in [-0.25, -0.2) is 0 Å². The van der Waals surface area contributed by atoms with Gasteiger partial charge in [-0.3, -0.25) is 0 Å². The number of aliphatic hydroxyl groups excluding tert-OH is 1. The van der Waals surface area contributed by atoms with Crippen LogP contribution in [0.5, 0.6) is 0 Å². The summed E-state index contributed by atoms with van der Waals surface area (Å²) in [5.74, 6) is 0. The lowest BCUT2D eigenvalue weighted by molar-refractivity contribution is 0.209. The van der Waals surface area contributed by atoms with Gasteiger partial charge in [0.05, 0.1) is 6.10 Å². The van der Waals surface area contributed by atoms with Crippen molar-refractivity contribution in [2.45, 2.75) is 59.5 Å². The SMILES string of the molecule is CC(C)=C1C/C=C(/C)CC/C=C(/C)[C@H](O)C1. The summed E-state index contributed by atoms with van der Waals surface area (Å²) in [6.45, 7) is 8.50. The van der Waals surface area contributed by atoms with E-state index in [1.54, 1.807) is 0 Å². The molecule has 0 aromatic heterocycles. The smallest absolute Gasteiger partial charge is 0.0784 e. The average molecular weight is 220 g/mol. The molecular weight excluding hydrogens is 196 g/mol. The second-order valence-corrected chi connectivity index (χ2v) is 5.06. The number of aliphatic hydroxyl groups is 1. The van der Waals surface area contributed by atoms with Crippen LogP contribution in [0.25, 0.3) is 0 Å². The quantitative estimate of drug-likeness (QED) is 0.608. The molecule has 0 heterocycles. The van der Waals surface area contributed by atoms with Crippen molar-refractivity contribution in [1.29, 1.82) is 0 Å². The van der Waals surface area contributed by atoms with E-state index in [4.69, 9.17) is 0 Å². The van der Waals surface area contributed by atoms with Crippen LogP contribution in [0.4, 0.5) is 0 Å². The van der Waals surface area contributed by atoms with Crippen molar-refractivity contribution in [2.24, 2.45) is 0 Å². The lowest BCUT2D eigenvalue weighted by Gasteiger charge is -2.17. The first-order chi connectivity index (χ1) is 7.50. The lowest BCUT2D eigenvalue weighted by atomic mass is 9.93. The number of hydrogen-bond acceptors (Lipinski definition) is 1. The zero-order valence-electron chi connectivity index (χ0n) is 11.0. The van der Waals surface area contributed by atoms with Gasteiger partial charge in [-0.05, 0) is 59.0 Å². The Kier molecular flexibility index (Phi) is 5.01. The maximum Gasteiger partial charge on any atom is 0.0784 e. The fourth-order valence-corrected chi connectivity index (χ4v) is 1.95. The Morgan fingerprint density at radius 1 is 1.25 bits per heavy atom. The Balaban J connectivity index is 2.92. The Morgan fingerprint density at radius 2 is 1.94 bits per heavy atom. The van der Waals surface area contributed by atoms with Gasteiger partial charge in [-0.15, -0.1) is 0 Å². The maximum absolute atomic E-state index is 10.1. The molecule has 1 rings (SSSR count). The molecule has 0 saturated carbocycles. The molecule has 1 heteroatoms. The van der Waals surface area contributed by atoms with Gasteiger partial charge < -0.3 is 5.11 Å². The zero-order chi connectivity index (χ0) is 12.1. The number of hydrogen-bond donors (Lipinski definition) is 1. The van der Waals surface area contributed by atoms with Crippen molar-refractivity contribution >= 4 is 0 Å². The summed E-state index contributed by atoms with van der Waals surface area (Å²) >= 11 is 0. The van der Waals surface area contributed by atoms with E-state index in [9.17, 15) is 5.11 Å². The predicted octanol–water partition coefficient (Wildman–Crippen LogP) is 4.15. The van der Waals surface area contributed by atoms with E-state index in [-0.39, 0.29) is 6.10 Å². The molecule has 1 N–H and O–H groups in total. The van der Waals surface area contributed by atoms with E-state index < -0.39 is 0 Å². The highest BCUT2D eigenvalue weighted by atomic mass is 16.3. The van der Waals surface area contributed by atoms with Crippen LogP contribution in [-0.4, -0.2) is 11.2 Å². The average Bonchev–Trinajstić information content (AvgIpc) is 2.22. The maximum atomic E-state index is 10.1. The second-order valence-electron chi connectivity index (χ2n) is 5.06. The summed E-state index contributed by atoms with van der Waals surface area (Å²) < 4.78 is 0. The van der Waals surface area contributed by atoms with Crippen LogP contribution in [0.3, 0.4) is 0 Å². The Hall–Kier alpha value is -0.820. The molecule has 1 atom stereocenters. The van der Waals surface area contributed by atoms with E-state index in [2.05, 4.69) is 32.9 Å². The van der Waals surface area contributed by atoms with Crippen LogP contribution in [0.15, 0.2) is 34.4 Å². The summed E-state index contributed by atoms with van der Waals surface area (Å²) in [4.78, 5) is 0. The minimum absolute atomic E-state index is 0.295. The molecule has 0 spiro atoms. The van der Waals surface area contributed by atoms with Gasteiger partial charge >= 0.3 is 0 Å².